The first-order valence-electron chi connectivity index (χ1n) is 7.26. The van der Waals surface area contributed by atoms with Crippen molar-refractivity contribution in [1.29, 1.82) is 0 Å². The lowest BCUT2D eigenvalue weighted by molar-refractivity contribution is -0.131. The van der Waals surface area contributed by atoms with E-state index < -0.39 is 0 Å². The lowest BCUT2D eigenvalue weighted by Crippen LogP contribution is -2.43. The highest BCUT2D eigenvalue weighted by Crippen LogP contribution is 2.20. The molecule has 110 valence electrons. The minimum Gasteiger partial charge on any atom is -0.497 e. The summed E-state index contributed by atoms with van der Waals surface area (Å²) in [6.07, 6.45) is 2.48. The molecule has 1 aromatic carbocycles. The number of methoxy groups -OCH3 is 1. The predicted octanol–water partition coefficient (Wildman–Crippen LogP) is 1.82. The molecule has 4 nitrogen and oxygen atoms in total. The molecule has 0 radical (unpaired) electrons. The fourth-order valence-electron chi connectivity index (χ4n) is 2.74. The maximum atomic E-state index is 12.3. The lowest BCUT2D eigenvalue weighted by Gasteiger charge is -2.33. The Bertz CT molecular complexity index is 452. The van der Waals surface area contributed by atoms with Gasteiger partial charge in [0.15, 0.2) is 0 Å². The third kappa shape index (κ3) is 3.73. The van der Waals surface area contributed by atoms with Gasteiger partial charge in [-0.25, -0.2) is 0 Å². The Morgan fingerprint density at radius 1 is 1.45 bits per heavy atom. The van der Waals surface area contributed by atoms with Crippen LogP contribution >= 0.6 is 0 Å². The van der Waals surface area contributed by atoms with Crippen LogP contribution in [0.25, 0.3) is 0 Å². The molecule has 2 N–H and O–H groups in total. The van der Waals surface area contributed by atoms with E-state index in [1.54, 1.807) is 7.11 Å². The molecule has 0 aromatic heterocycles. The summed E-state index contributed by atoms with van der Waals surface area (Å²) in [5, 5.41) is 0. The minimum absolute atomic E-state index is 0.196. The van der Waals surface area contributed by atoms with Crippen molar-refractivity contribution in [2.75, 3.05) is 20.2 Å². The zero-order chi connectivity index (χ0) is 14.5. The molecular weight excluding hydrogens is 252 g/mol. The summed E-state index contributed by atoms with van der Waals surface area (Å²) in [6, 6.07) is 7.93. The minimum atomic E-state index is 0.196. The van der Waals surface area contributed by atoms with E-state index in [4.69, 9.17) is 10.5 Å². The first-order valence-corrected chi connectivity index (χ1v) is 7.26. The molecule has 20 heavy (non-hydrogen) atoms. The van der Waals surface area contributed by atoms with Crippen LogP contribution in [0.4, 0.5) is 0 Å². The first kappa shape index (κ1) is 14.9. The van der Waals surface area contributed by atoms with E-state index in [0.29, 0.717) is 12.3 Å². The Hall–Kier alpha value is -1.55. The van der Waals surface area contributed by atoms with E-state index in [-0.39, 0.29) is 11.9 Å². The SMILES string of the molecule is COc1cccc(CC(=O)N2CCC(C(C)N)CC2)c1. The molecule has 1 saturated heterocycles. The molecule has 1 unspecified atom stereocenters. The van der Waals surface area contributed by atoms with Crippen molar-refractivity contribution in [3.05, 3.63) is 29.8 Å². The summed E-state index contributed by atoms with van der Waals surface area (Å²) in [4.78, 5) is 14.3. The van der Waals surface area contributed by atoms with Gasteiger partial charge in [-0.15, -0.1) is 0 Å². The third-order valence-electron chi connectivity index (χ3n) is 4.13. The normalized spacial score (nSPS) is 17.9. The number of piperidine rings is 1. The fraction of sp³-hybridized carbons (Fsp3) is 0.562. The summed E-state index contributed by atoms with van der Waals surface area (Å²) in [5.41, 5.74) is 6.93. The summed E-state index contributed by atoms with van der Waals surface area (Å²) < 4.78 is 5.18. The second-order valence-electron chi connectivity index (χ2n) is 5.61. The zero-order valence-corrected chi connectivity index (χ0v) is 12.3. The third-order valence-corrected chi connectivity index (χ3v) is 4.13. The monoisotopic (exact) mass is 276 g/mol. The predicted molar refractivity (Wildman–Crippen MR) is 79.7 cm³/mol. The number of nitrogens with two attached hydrogens (primary N) is 1. The molecule has 1 aliphatic rings. The van der Waals surface area contributed by atoms with E-state index in [0.717, 1.165) is 37.2 Å². The van der Waals surface area contributed by atoms with E-state index in [1.807, 2.05) is 29.2 Å². The van der Waals surface area contributed by atoms with Crippen LogP contribution in [-0.2, 0) is 11.2 Å². The number of amides is 1. The van der Waals surface area contributed by atoms with Gasteiger partial charge in [0.1, 0.15) is 5.75 Å². The number of hydrogen-bond donors (Lipinski definition) is 1. The second kappa shape index (κ2) is 6.75. The van der Waals surface area contributed by atoms with Gasteiger partial charge in [-0.05, 0) is 43.4 Å². The second-order valence-corrected chi connectivity index (χ2v) is 5.61. The van der Waals surface area contributed by atoms with Crippen molar-refractivity contribution in [3.63, 3.8) is 0 Å². The maximum absolute atomic E-state index is 12.3. The number of ether oxygens (including phenoxy) is 1. The average molecular weight is 276 g/mol. The molecule has 0 saturated carbocycles. The van der Waals surface area contributed by atoms with Gasteiger partial charge in [-0.1, -0.05) is 12.1 Å². The van der Waals surface area contributed by atoms with Crippen molar-refractivity contribution in [2.24, 2.45) is 11.7 Å². The Labute approximate surface area is 120 Å². The largest absolute Gasteiger partial charge is 0.497 e. The van der Waals surface area contributed by atoms with Crippen LogP contribution in [0.1, 0.15) is 25.3 Å². The van der Waals surface area contributed by atoms with Crippen molar-refractivity contribution in [2.45, 2.75) is 32.2 Å². The number of hydrogen-bond acceptors (Lipinski definition) is 3. The number of carbonyl (C=O) groups is 1. The number of carbonyl (C=O) groups excluding carboxylic acids is 1. The Morgan fingerprint density at radius 3 is 2.75 bits per heavy atom. The standard InChI is InChI=1S/C16H24N2O2/c1-12(17)14-6-8-18(9-7-14)16(19)11-13-4-3-5-15(10-13)20-2/h3-5,10,12,14H,6-9,11,17H2,1-2H3. The molecule has 0 bridgehead atoms. The summed E-state index contributed by atoms with van der Waals surface area (Å²) >= 11 is 0. The zero-order valence-electron chi connectivity index (χ0n) is 12.3. The number of nitrogens with zero attached hydrogens (tertiary/aromatic N) is 1. The first-order chi connectivity index (χ1) is 9.60. The van der Waals surface area contributed by atoms with Gasteiger partial charge in [0.05, 0.1) is 13.5 Å². The van der Waals surface area contributed by atoms with Gasteiger partial charge >= 0.3 is 0 Å². The van der Waals surface area contributed by atoms with Gasteiger partial charge in [-0.3, -0.25) is 4.79 Å². The van der Waals surface area contributed by atoms with Crippen LogP contribution in [0.15, 0.2) is 24.3 Å². The van der Waals surface area contributed by atoms with Crippen LogP contribution in [0.3, 0.4) is 0 Å². The van der Waals surface area contributed by atoms with Crippen LogP contribution in [-0.4, -0.2) is 37.0 Å². The number of rotatable bonds is 4. The van der Waals surface area contributed by atoms with Crippen molar-refractivity contribution < 1.29 is 9.53 Å². The fourth-order valence-corrected chi connectivity index (χ4v) is 2.74. The summed E-state index contributed by atoms with van der Waals surface area (Å²) in [7, 11) is 1.64. The van der Waals surface area contributed by atoms with Gasteiger partial charge < -0.3 is 15.4 Å². The van der Waals surface area contributed by atoms with E-state index >= 15 is 0 Å². The maximum Gasteiger partial charge on any atom is 0.226 e. The van der Waals surface area contributed by atoms with Gasteiger partial charge in [-0.2, -0.15) is 0 Å². The highest BCUT2D eigenvalue weighted by molar-refractivity contribution is 5.79. The highest BCUT2D eigenvalue weighted by Gasteiger charge is 2.24. The van der Waals surface area contributed by atoms with Crippen LogP contribution in [0.2, 0.25) is 0 Å². The van der Waals surface area contributed by atoms with Crippen LogP contribution < -0.4 is 10.5 Å². The van der Waals surface area contributed by atoms with E-state index in [2.05, 4.69) is 6.92 Å². The van der Waals surface area contributed by atoms with Crippen molar-refractivity contribution >= 4 is 5.91 Å². The van der Waals surface area contributed by atoms with Crippen LogP contribution in [0, 0.1) is 5.92 Å². The van der Waals surface area contributed by atoms with Gasteiger partial charge in [0.25, 0.3) is 0 Å². The Kier molecular flexibility index (Phi) is 5.01. The topological polar surface area (TPSA) is 55.6 Å². The highest BCUT2D eigenvalue weighted by atomic mass is 16.5. The Morgan fingerprint density at radius 2 is 2.15 bits per heavy atom. The molecule has 1 atom stereocenters. The molecule has 1 heterocycles. The average Bonchev–Trinajstić information content (AvgIpc) is 2.47. The molecule has 2 rings (SSSR count). The summed E-state index contributed by atoms with van der Waals surface area (Å²) in [5.74, 6) is 1.54. The molecule has 0 aliphatic carbocycles. The molecule has 1 aromatic rings. The van der Waals surface area contributed by atoms with Crippen molar-refractivity contribution in [1.82, 2.24) is 4.90 Å². The molecular formula is C16H24N2O2. The van der Waals surface area contributed by atoms with Crippen molar-refractivity contribution in [3.8, 4) is 5.75 Å². The van der Waals surface area contributed by atoms with E-state index in [1.165, 1.54) is 0 Å². The van der Waals surface area contributed by atoms with Gasteiger partial charge in [0, 0.05) is 19.1 Å². The van der Waals surface area contributed by atoms with Gasteiger partial charge in [0.2, 0.25) is 5.91 Å². The summed E-state index contributed by atoms with van der Waals surface area (Å²) in [6.45, 7) is 3.71. The number of benzene rings is 1. The molecule has 1 fully saturated rings. The number of likely N-dealkylation sites (tertiary alicyclic amines) is 1. The van der Waals surface area contributed by atoms with Crippen LogP contribution in [0.5, 0.6) is 5.75 Å². The molecule has 1 aliphatic heterocycles. The lowest BCUT2D eigenvalue weighted by atomic mass is 9.91. The molecule has 4 heteroatoms. The molecule has 1 amide bonds. The molecule has 0 spiro atoms. The van der Waals surface area contributed by atoms with E-state index in [9.17, 15) is 4.79 Å². The smallest absolute Gasteiger partial charge is 0.226 e. The Balaban J connectivity index is 1.89. The quantitative estimate of drug-likeness (QED) is 0.912.